The molecule has 6 unspecified atom stereocenters. The van der Waals surface area contributed by atoms with Crippen LogP contribution >= 0.6 is 0 Å². The number of Topliss-reactive ketones (excluding diaryl/α,β-unsaturated/α-hetero) is 2. The number of carbonyl (C=O) groups excluding carboxylic acids is 4. The van der Waals surface area contributed by atoms with Crippen LogP contribution in [0.3, 0.4) is 0 Å². The van der Waals surface area contributed by atoms with Crippen molar-refractivity contribution in [2.45, 2.75) is 89.1 Å². The Labute approximate surface area is 232 Å². The Morgan fingerprint density at radius 3 is 2.58 bits per heavy atom. The quantitative estimate of drug-likeness (QED) is 0.290. The fraction of sp³-hybridized carbons (Fsp3) is 0.724. The Balaban J connectivity index is 1.35. The summed E-state index contributed by atoms with van der Waals surface area (Å²) in [6.45, 7) is 3.74. The van der Waals surface area contributed by atoms with Gasteiger partial charge in [-0.1, -0.05) is 25.5 Å². The van der Waals surface area contributed by atoms with E-state index in [1.165, 1.54) is 13.0 Å². The minimum atomic E-state index is -1.85. The third-order valence-electron chi connectivity index (χ3n) is 10.5. The van der Waals surface area contributed by atoms with E-state index in [0.29, 0.717) is 19.3 Å². The van der Waals surface area contributed by atoms with Gasteiger partial charge in [0.15, 0.2) is 17.9 Å². The molecular formula is C29H39NO10. The molecule has 0 aromatic carbocycles. The highest BCUT2D eigenvalue weighted by Crippen LogP contribution is 2.66. The molecule has 11 nitrogen and oxygen atoms in total. The number of amides is 1. The number of rotatable bonds is 6. The number of allylic oxidation sites excluding steroid dienone is 4. The Morgan fingerprint density at radius 2 is 1.90 bits per heavy atom. The first-order valence-corrected chi connectivity index (χ1v) is 14.0. The maximum atomic E-state index is 13.8. The van der Waals surface area contributed by atoms with Crippen molar-refractivity contribution in [2.24, 2.45) is 28.6 Å². The first kappa shape index (κ1) is 29.2. The molecule has 11 atom stereocenters. The first-order chi connectivity index (χ1) is 18.8. The predicted octanol–water partition coefficient (Wildman–Crippen LogP) is -0.266. The van der Waals surface area contributed by atoms with Crippen LogP contribution in [-0.2, 0) is 28.7 Å². The fourth-order valence-electron chi connectivity index (χ4n) is 8.38. The average Bonchev–Trinajstić information content (AvgIpc) is 3.17. The van der Waals surface area contributed by atoms with E-state index in [9.17, 15) is 39.6 Å². The summed E-state index contributed by atoms with van der Waals surface area (Å²) in [6.07, 6.45) is 1.49. The zero-order valence-electron chi connectivity index (χ0n) is 23.0. The van der Waals surface area contributed by atoms with Crippen LogP contribution in [0.2, 0.25) is 0 Å². The number of fused-ring (bicyclic) bond motifs is 5. The van der Waals surface area contributed by atoms with Gasteiger partial charge in [0.2, 0.25) is 5.91 Å². The van der Waals surface area contributed by atoms with Crippen LogP contribution in [0, 0.1) is 28.6 Å². The topological polar surface area (TPSA) is 180 Å². The molecule has 1 amide bonds. The van der Waals surface area contributed by atoms with Crippen LogP contribution in [-0.4, -0.2) is 93.1 Å². The summed E-state index contributed by atoms with van der Waals surface area (Å²) in [5.74, 6) is -1.76. The molecule has 1 aliphatic heterocycles. The third kappa shape index (κ3) is 4.33. The fourth-order valence-corrected chi connectivity index (χ4v) is 8.38. The molecule has 0 aromatic rings. The van der Waals surface area contributed by atoms with Gasteiger partial charge in [0.25, 0.3) is 0 Å². The summed E-state index contributed by atoms with van der Waals surface area (Å²) >= 11 is 0. The van der Waals surface area contributed by atoms with Crippen LogP contribution in [0.25, 0.3) is 0 Å². The van der Waals surface area contributed by atoms with Crippen molar-refractivity contribution >= 4 is 23.3 Å². The van der Waals surface area contributed by atoms with Gasteiger partial charge in [0, 0.05) is 30.1 Å². The molecule has 4 fully saturated rings. The Morgan fingerprint density at radius 1 is 1.18 bits per heavy atom. The second kappa shape index (κ2) is 10.2. The van der Waals surface area contributed by atoms with Crippen molar-refractivity contribution in [1.29, 1.82) is 0 Å². The molecule has 0 bridgehead atoms. The van der Waals surface area contributed by atoms with Gasteiger partial charge < -0.3 is 35.2 Å². The number of hydrogen-bond acceptors (Lipinski definition) is 10. The van der Waals surface area contributed by atoms with E-state index < -0.39 is 72.0 Å². The molecule has 5 aliphatic rings. The minimum Gasteiger partial charge on any atom is -0.394 e. The van der Waals surface area contributed by atoms with Gasteiger partial charge in [-0.2, -0.15) is 0 Å². The van der Waals surface area contributed by atoms with Gasteiger partial charge in [0.05, 0.1) is 6.61 Å². The van der Waals surface area contributed by atoms with E-state index in [2.05, 4.69) is 5.32 Å². The molecule has 0 spiro atoms. The summed E-state index contributed by atoms with van der Waals surface area (Å²) in [6, 6.07) is -1.22. The molecule has 220 valence electrons. The van der Waals surface area contributed by atoms with Gasteiger partial charge in [-0.25, -0.2) is 0 Å². The summed E-state index contributed by atoms with van der Waals surface area (Å²) in [7, 11) is 0. The molecule has 40 heavy (non-hydrogen) atoms. The summed E-state index contributed by atoms with van der Waals surface area (Å²) < 4.78 is 11.2. The molecule has 0 aromatic heterocycles. The number of ether oxygens (including phenoxy) is 2. The summed E-state index contributed by atoms with van der Waals surface area (Å²) in [5, 5.41) is 44.6. The Hall–Kier alpha value is -2.28. The number of carbonyl (C=O) groups is 4. The van der Waals surface area contributed by atoms with E-state index >= 15 is 0 Å². The lowest BCUT2D eigenvalue weighted by atomic mass is 9.46. The van der Waals surface area contributed by atoms with Gasteiger partial charge in [-0.05, 0) is 49.7 Å². The predicted molar refractivity (Wildman–Crippen MR) is 138 cm³/mol. The lowest BCUT2D eigenvalue weighted by Gasteiger charge is -2.56. The second-order valence-electron chi connectivity index (χ2n) is 12.6. The standard InChI is InChI=1S/C29H39NO10/c1-14(32)30-23-25(37)24(36)20(12-31)40-26(23)39-13-21(35)29(38)9-7-18-17-5-4-15-10-16(33)6-8-27(15,2)22(17)19(34)11-28(18,29)3/h6,8,10,17-18,20,22-26,31,36-38H,4-5,7,9,11-13H2,1-3H3,(H,30,32)/t17?,18?,20?,22?,23?,24-,25?,26-,27+,28+,29+/m1/s1. The molecule has 4 aliphatic carbocycles. The van der Waals surface area contributed by atoms with Gasteiger partial charge in [0.1, 0.15) is 42.3 Å². The number of nitrogens with one attached hydrogen (secondary N) is 1. The van der Waals surface area contributed by atoms with Crippen molar-refractivity contribution in [1.82, 2.24) is 5.32 Å². The van der Waals surface area contributed by atoms with Gasteiger partial charge in [-0.15, -0.1) is 0 Å². The molecule has 5 rings (SSSR count). The highest BCUT2D eigenvalue weighted by Gasteiger charge is 2.68. The zero-order chi connectivity index (χ0) is 29.2. The van der Waals surface area contributed by atoms with E-state index in [1.807, 2.05) is 13.0 Å². The molecule has 3 saturated carbocycles. The number of ketones is 3. The van der Waals surface area contributed by atoms with Crippen molar-refractivity contribution < 1.29 is 49.1 Å². The Bertz CT molecular complexity index is 1170. The maximum absolute atomic E-state index is 13.8. The Kier molecular flexibility index (Phi) is 7.46. The highest BCUT2D eigenvalue weighted by atomic mass is 16.7. The van der Waals surface area contributed by atoms with Crippen molar-refractivity contribution in [3.8, 4) is 0 Å². The molecular weight excluding hydrogens is 522 g/mol. The summed E-state index contributed by atoms with van der Waals surface area (Å²) in [4.78, 5) is 51.1. The molecule has 1 saturated heterocycles. The molecule has 5 N–H and O–H groups in total. The first-order valence-electron chi connectivity index (χ1n) is 14.0. The SMILES string of the molecule is CC(=O)NC1C(O)[C@H](O)C(CO)O[C@H]1OCC(=O)[C@@]1(O)CCC2C3CCC4=CC(=O)C=C[C@]4(C)C3C(=O)C[C@@]21C. The van der Waals surface area contributed by atoms with Crippen molar-refractivity contribution in [3.05, 3.63) is 23.8 Å². The largest absolute Gasteiger partial charge is 0.394 e. The van der Waals surface area contributed by atoms with Crippen molar-refractivity contribution in [2.75, 3.05) is 13.2 Å². The third-order valence-corrected chi connectivity index (χ3v) is 10.5. The van der Waals surface area contributed by atoms with Crippen LogP contribution in [0.15, 0.2) is 23.8 Å². The van der Waals surface area contributed by atoms with Gasteiger partial charge in [-0.3, -0.25) is 19.2 Å². The monoisotopic (exact) mass is 561 g/mol. The smallest absolute Gasteiger partial charge is 0.217 e. The molecule has 1 heterocycles. The van der Waals surface area contributed by atoms with E-state index in [1.54, 1.807) is 13.0 Å². The lowest BCUT2D eigenvalue weighted by Crippen LogP contribution is -2.65. The van der Waals surface area contributed by atoms with E-state index in [-0.39, 0.29) is 42.2 Å². The van der Waals surface area contributed by atoms with Crippen molar-refractivity contribution in [3.63, 3.8) is 0 Å². The molecule has 11 heteroatoms. The highest BCUT2D eigenvalue weighted by molar-refractivity contribution is 6.02. The summed E-state index contributed by atoms with van der Waals surface area (Å²) in [5.41, 5.74) is -2.47. The minimum absolute atomic E-state index is 0.0116. The number of aliphatic hydroxyl groups excluding tert-OH is 3. The average molecular weight is 562 g/mol. The van der Waals surface area contributed by atoms with E-state index in [0.717, 1.165) is 5.57 Å². The lowest BCUT2D eigenvalue weighted by molar-refractivity contribution is -0.269. The number of hydrogen-bond donors (Lipinski definition) is 5. The van der Waals surface area contributed by atoms with Crippen LogP contribution < -0.4 is 5.32 Å². The second-order valence-corrected chi connectivity index (χ2v) is 12.6. The van der Waals surface area contributed by atoms with E-state index in [4.69, 9.17) is 9.47 Å². The van der Waals surface area contributed by atoms with Crippen LogP contribution in [0.5, 0.6) is 0 Å². The molecule has 0 radical (unpaired) electrons. The van der Waals surface area contributed by atoms with Gasteiger partial charge >= 0.3 is 0 Å². The van der Waals surface area contributed by atoms with Crippen LogP contribution in [0.1, 0.15) is 52.9 Å². The maximum Gasteiger partial charge on any atom is 0.217 e. The zero-order valence-corrected chi connectivity index (χ0v) is 23.0. The number of aliphatic hydroxyl groups is 4. The normalized spacial score (nSPS) is 46.2. The van der Waals surface area contributed by atoms with Crippen LogP contribution in [0.4, 0.5) is 0 Å².